The number of amides is 1. The van der Waals surface area contributed by atoms with E-state index in [1.807, 2.05) is 31.2 Å². The van der Waals surface area contributed by atoms with Crippen molar-refractivity contribution in [1.29, 1.82) is 0 Å². The molecule has 1 N–H and O–H groups in total. The molecule has 1 aliphatic rings. The third-order valence-electron chi connectivity index (χ3n) is 4.65. The topological polar surface area (TPSA) is 60.5 Å². The summed E-state index contributed by atoms with van der Waals surface area (Å²) in [5, 5.41) is 4.39. The van der Waals surface area contributed by atoms with E-state index in [9.17, 15) is 4.79 Å². The quantitative estimate of drug-likeness (QED) is 0.745. The minimum absolute atomic E-state index is 0.125. The summed E-state index contributed by atoms with van der Waals surface area (Å²) in [7, 11) is 1.62. The van der Waals surface area contributed by atoms with Crippen LogP contribution in [-0.4, -0.2) is 30.6 Å². The van der Waals surface area contributed by atoms with Gasteiger partial charge in [0, 0.05) is 21.7 Å². The van der Waals surface area contributed by atoms with Crippen molar-refractivity contribution in [2.75, 3.05) is 13.7 Å². The predicted octanol–water partition coefficient (Wildman–Crippen LogP) is 3.94. The molecule has 5 nitrogen and oxygen atoms in total. The highest BCUT2D eigenvalue weighted by molar-refractivity contribution is 6.31. The van der Waals surface area contributed by atoms with Crippen molar-refractivity contribution in [1.82, 2.24) is 10.3 Å². The molecular weight excluding hydrogens is 364 g/mol. The number of fused-ring (bicyclic) bond motifs is 2. The van der Waals surface area contributed by atoms with E-state index in [0.717, 1.165) is 27.9 Å². The lowest BCUT2D eigenvalue weighted by molar-refractivity contribution is 0.0916. The van der Waals surface area contributed by atoms with E-state index in [1.54, 1.807) is 25.3 Å². The number of carbonyl (C=O) groups excluding carboxylic acids is 1. The first kappa shape index (κ1) is 17.6. The second-order valence-corrected chi connectivity index (χ2v) is 7.04. The van der Waals surface area contributed by atoms with Crippen LogP contribution in [0.3, 0.4) is 0 Å². The highest BCUT2D eigenvalue weighted by Gasteiger charge is 2.25. The number of aromatic nitrogens is 1. The zero-order chi connectivity index (χ0) is 19.0. The van der Waals surface area contributed by atoms with E-state index in [-0.39, 0.29) is 11.9 Å². The number of carbonyl (C=O) groups is 1. The zero-order valence-electron chi connectivity index (χ0n) is 15.1. The van der Waals surface area contributed by atoms with E-state index >= 15 is 0 Å². The fourth-order valence-electron chi connectivity index (χ4n) is 3.43. The van der Waals surface area contributed by atoms with Gasteiger partial charge in [-0.25, -0.2) is 0 Å². The van der Waals surface area contributed by atoms with Crippen molar-refractivity contribution < 1.29 is 14.3 Å². The van der Waals surface area contributed by atoms with Gasteiger partial charge in [-0.1, -0.05) is 23.7 Å². The molecule has 0 aliphatic carbocycles. The van der Waals surface area contributed by atoms with E-state index < -0.39 is 0 Å². The molecule has 0 saturated carbocycles. The fourth-order valence-corrected chi connectivity index (χ4v) is 3.60. The number of para-hydroxylation sites is 1. The molecular formula is C21H19ClN2O3. The van der Waals surface area contributed by atoms with Crippen LogP contribution in [0.15, 0.2) is 42.5 Å². The third kappa shape index (κ3) is 3.43. The number of pyridine rings is 1. The Morgan fingerprint density at radius 1 is 1.30 bits per heavy atom. The average molecular weight is 383 g/mol. The van der Waals surface area contributed by atoms with Gasteiger partial charge in [0.05, 0.1) is 24.2 Å². The molecule has 3 aromatic rings. The van der Waals surface area contributed by atoms with Crippen molar-refractivity contribution in [3.05, 3.63) is 64.3 Å². The Kier molecular flexibility index (Phi) is 4.62. The third-order valence-corrected chi connectivity index (χ3v) is 4.89. The summed E-state index contributed by atoms with van der Waals surface area (Å²) in [4.78, 5) is 17.4. The second kappa shape index (κ2) is 7.08. The average Bonchev–Trinajstić information content (AvgIpc) is 2.67. The van der Waals surface area contributed by atoms with Crippen LogP contribution < -0.4 is 14.8 Å². The number of methoxy groups -OCH3 is 1. The molecule has 27 heavy (non-hydrogen) atoms. The van der Waals surface area contributed by atoms with Crippen molar-refractivity contribution in [2.45, 2.75) is 19.4 Å². The van der Waals surface area contributed by atoms with Crippen LogP contribution in [0.1, 0.15) is 21.6 Å². The number of ether oxygens (including phenoxy) is 2. The van der Waals surface area contributed by atoms with Gasteiger partial charge < -0.3 is 14.8 Å². The summed E-state index contributed by atoms with van der Waals surface area (Å²) < 4.78 is 11.2. The van der Waals surface area contributed by atoms with Crippen LogP contribution in [-0.2, 0) is 6.42 Å². The SMILES string of the molecule is COc1cccc2c1OCC(NC(=O)c1cc(C)nc3ccc(Cl)cc13)C2. The van der Waals surface area contributed by atoms with Gasteiger partial charge in [-0.15, -0.1) is 0 Å². The normalized spacial score (nSPS) is 15.7. The van der Waals surface area contributed by atoms with E-state index in [2.05, 4.69) is 10.3 Å². The molecule has 2 aromatic carbocycles. The monoisotopic (exact) mass is 382 g/mol. The second-order valence-electron chi connectivity index (χ2n) is 6.61. The molecule has 138 valence electrons. The first-order valence-corrected chi connectivity index (χ1v) is 9.09. The molecule has 2 heterocycles. The molecule has 0 bridgehead atoms. The molecule has 1 amide bonds. The number of nitrogens with one attached hydrogen (secondary N) is 1. The molecule has 1 aliphatic heterocycles. The lowest BCUT2D eigenvalue weighted by Gasteiger charge is -2.27. The Labute approximate surface area is 162 Å². The lowest BCUT2D eigenvalue weighted by atomic mass is 10.0. The van der Waals surface area contributed by atoms with Crippen molar-refractivity contribution >= 4 is 28.4 Å². The Morgan fingerprint density at radius 3 is 2.96 bits per heavy atom. The Balaban J connectivity index is 1.60. The lowest BCUT2D eigenvalue weighted by Crippen LogP contribution is -2.42. The fraction of sp³-hybridized carbons (Fsp3) is 0.238. The predicted molar refractivity (Wildman–Crippen MR) is 105 cm³/mol. The smallest absolute Gasteiger partial charge is 0.252 e. The molecule has 0 spiro atoms. The first-order chi connectivity index (χ1) is 13.0. The van der Waals surface area contributed by atoms with Crippen molar-refractivity contribution in [2.24, 2.45) is 0 Å². The van der Waals surface area contributed by atoms with E-state index in [0.29, 0.717) is 29.4 Å². The van der Waals surface area contributed by atoms with Crippen LogP contribution >= 0.6 is 11.6 Å². The molecule has 1 aromatic heterocycles. The molecule has 0 fully saturated rings. The summed E-state index contributed by atoms with van der Waals surface area (Å²) >= 11 is 6.12. The number of benzene rings is 2. The van der Waals surface area contributed by atoms with Gasteiger partial charge >= 0.3 is 0 Å². The van der Waals surface area contributed by atoms with Gasteiger partial charge in [0.25, 0.3) is 5.91 Å². The highest BCUT2D eigenvalue weighted by Crippen LogP contribution is 2.34. The minimum atomic E-state index is -0.160. The van der Waals surface area contributed by atoms with Gasteiger partial charge in [-0.3, -0.25) is 9.78 Å². The van der Waals surface area contributed by atoms with Gasteiger partial charge in [0.15, 0.2) is 11.5 Å². The number of rotatable bonds is 3. The van der Waals surface area contributed by atoms with Crippen LogP contribution in [0.5, 0.6) is 11.5 Å². The van der Waals surface area contributed by atoms with Crippen LogP contribution in [0.4, 0.5) is 0 Å². The summed E-state index contributed by atoms with van der Waals surface area (Å²) in [6, 6.07) is 12.8. The Bertz CT molecular complexity index is 1040. The van der Waals surface area contributed by atoms with Crippen molar-refractivity contribution in [3.8, 4) is 11.5 Å². The van der Waals surface area contributed by atoms with Gasteiger partial charge in [0.1, 0.15) is 6.61 Å². The van der Waals surface area contributed by atoms with Gasteiger partial charge in [0.2, 0.25) is 0 Å². The highest BCUT2D eigenvalue weighted by atomic mass is 35.5. The molecule has 0 saturated heterocycles. The molecule has 4 rings (SSSR count). The Hall–Kier alpha value is -2.79. The van der Waals surface area contributed by atoms with Crippen LogP contribution in [0.25, 0.3) is 10.9 Å². The maximum atomic E-state index is 13.0. The molecule has 1 unspecified atom stereocenters. The van der Waals surface area contributed by atoms with Crippen molar-refractivity contribution in [3.63, 3.8) is 0 Å². The molecule has 6 heteroatoms. The number of aryl methyl sites for hydroxylation is 1. The maximum Gasteiger partial charge on any atom is 0.252 e. The first-order valence-electron chi connectivity index (χ1n) is 8.71. The summed E-state index contributed by atoms with van der Waals surface area (Å²) in [6.45, 7) is 2.26. The number of halogens is 1. The van der Waals surface area contributed by atoms with E-state index in [4.69, 9.17) is 21.1 Å². The molecule has 1 atom stereocenters. The van der Waals surface area contributed by atoms with E-state index in [1.165, 1.54) is 0 Å². The minimum Gasteiger partial charge on any atom is -0.493 e. The van der Waals surface area contributed by atoms with Gasteiger partial charge in [-0.05, 0) is 43.7 Å². The number of hydrogen-bond acceptors (Lipinski definition) is 4. The van der Waals surface area contributed by atoms with Crippen LogP contribution in [0.2, 0.25) is 5.02 Å². The van der Waals surface area contributed by atoms with Crippen LogP contribution in [0, 0.1) is 6.92 Å². The van der Waals surface area contributed by atoms with Gasteiger partial charge in [-0.2, -0.15) is 0 Å². The standard InChI is InChI=1S/C21H19ClN2O3/c1-12-8-17(16-10-14(22)6-7-18(16)23-12)21(25)24-15-9-13-4-3-5-19(26-2)20(13)27-11-15/h3-8,10,15H,9,11H2,1-2H3,(H,24,25). The summed E-state index contributed by atoms with van der Waals surface area (Å²) in [5.74, 6) is 1.30. The summed E-state index contributed by atoms with van der Waals surface area (Å²) in [6.07, 6.45) is 0.682. The zero-order valence-corrected chi connectivity index (χ0v) is 15.8. The summed E-state index contributed by atoms with van der Waals surface area (Å²) in [5.41, 5.74) is 3.12. The number of hydrogen-bond donors (Lipinski definition) is 1. The maximum absolute atomic E-state index is 13.0. The number of nitrogens with zero attached hydrogens (tertiary/aromatic N) is 1. The largest absolute Gasteiger partial charge is 0.493 e. The Morgan fingerprint density at radius 2 is 2.15 bits per heavy atom. The molecule has 0 radical (unpaired) electrons.